The molecule has 4 rings (SSSR count). The van der Waals surface area contributed by atoms with Gasteiger partial charge in [0.15, 0.2) is 0 Å². The summed E-state index contributed by atoms with van der Waals surface area (Å²) in [5.41, 5.74) is 2.70. The van der Waals surface area contributed by atoms with Crippen LogP contribution < -0.4 is 10.2 Å². The summed E-state index contributed by atoms with van der Waals surface area (Å²) >= 11 is 7.20. The minimum absolute atomic E-state index is 0.204. The number of nitrogens with one attached hydrogen (secondary N) is 1. The summed E-state index contributed by atoms with van der Waals surface area (Å²) in [4.78, 5) is 27.9. The van der Waals surface area contributed by atoms with E-state index in [1.165, 1.54) is 40.9 Å². The standard InChI is InChI=1S/C26H19ClFN3O2S/c1-16-3-2-4-17(13-16)14-23-25(33)31(21-11-5-18(27)6-12-21)26(34-23)22(15-29)24(32)30-20-9-7-19(28)8-10-20/h2-13,23H,14H2,1H3,(H,30,32)/b26-22+/t23-/m1/s1. The van der Waals surface area contributed by atoms with Gasteiger partial charge in [0.05, 0.1) is 5.25 Å². The van der Waals surface area contributed by atoms with Crippen LogP contribution in [-0.4, -0.2) is 17.1 Å². The minimum Gasteiger partial charge on any atom is -0.321 e. The predicted octanol–water partition coefficient (Wildman–Crippen LogP) is 5.85. The maximum absolute atomic E-state index is 13.5. The number of halogens is 2. The van der Waals surface area contributed by atoms with E-state index < -0.39 is 17.0 Å². The third-order valence-electron chi connectivity index (χ3n) is 5.20. The lowest BCUT2D eigenvalue weighted by Gasteiger charge is -2.19. The molecule has 1 aliphatic rings. The second-order valence-electron chi connectivity index (χ2n) is 7.70. The highest BCUT2D eigenvalue weighted by molar-refractivity contribution is 8.05. The Morgan fingerprint density at radius 3 is 2.50 bits per heavy atom. The Labute approximate surface area is 205 Å². The third-order valence-corrected chi connectivity index (χ3v) is 6.71. The van der Waals surface area contributed by atoms with Gasteiger partial charge in [-0.2, -0.15) is 5.26 Å². The molecule has 34 heavy (non-hydrogen) atoms. The van der Waals surface area contributed by atoms with E-state index in [0.717, 1.165) is 11.1 Å². The molecule has 0 aliphatic carbocycles. The van der Waals surface area contributed by atoms with Crippen LogP contribution in [0.4, 0.5) is 15.8 Å². The van der Waals surface area contributed by atoms with Crippen LogP contribution >= 0.6 is 23.4 Å². The van der Waals surface area contributed by atoms with Gasteiger partial charge in [0.1, 0.15) is 22.5 Å². The Hall–Kier alpha value is -3.60. The molecule has 0 bridgehead atoms. The Kier molecular flexibility index (Phi) is 7.01. The second-order valence-corrected chi connectivity index (χ2v) is 9.33. The number of amides is 2. The summed E-state index contributed by atoms with van der Waals surface area (Å²) in [5.74, 6) is -1.35. The lowest BCUT2D eigenvalue weighted by atomic mass is 10.1. The smallest absolute Gasteiger partial charge is 0.269 e. The fourth-order valence-electron chi connectivity index (χ4n) is 3.59. The van der Waals surface area contributed by atoms with Crippen LogP contribution in [0.2, 0.25) is 5.02 Å². The summed E-state index contributed by atoms with van der Waals surface area (Å²) in [6.45, 7) is 1.98. The van der Waals surface area contributed by atoms with Crippen molar-refractivity contribution in [2.45, 2.75) is 18.6 Å². The van der Waals surface area contributed by atoms with E-state index in [0.29, 0.717) is 22.8 Å². The van der Waals surface area contributed by atoms with Crippen LogP contribution in [0.5, 0.6) is 0 Å². The highest BCUT2D eigenvalue weighted by Crippen LogP contribution is 2.42. The molecule has 170 valence electrons. The van der Waals surface area contributed by atoms with Crippen LogP contribution in [0.15, 0.2) is 83.4 Å². The molecule has 1 saturated heterocycles. The number of anilines is 2. The van der Waals surface area contributed by atoms with Crippen LogP contribution in [0, 0.1) is 24.1 Å². The molecule has 0 unspecified atom stereocenters. The summed E-state index contributed by atoms with van der Waals surface area (Å²) in [6, 6.07) is 21.7. The van der Waals surface area contributed by atoms with Crippen molar-refractivity contribution in [3.8, 4) is 6.07 Å². The van der Waals surface area contributed by atoms with E-state index in [1.807, 2.05) is 37.3 Å². The highest BCUT2D eigenvalue weighted by Gasteiger charge is 2.40. The molecule has 0 aromatic heterocycles. The molecular weight excluding hydrogens is 473 g/mol. The van der Waals surface area contributed by atoms with E-state index >= 15 is 0 Å². The average molecular weight is 492 g/mol. The number of nitrogens with zero attached hydrogens (tertiary/aromatic N) is 2. The van der Waals surface area contributed by atoms with Gasteiger partial charge in [0.25, 0.3) is 5.91 Å². The number of thioether (sulfide) groups is 1. The molecular formula is C26H19ClFN3O2S. The van der Waals surface area contributed by atoms with Gasteiger partial charge in [-0.1, -0.05) is 53.2 Å². The first-order chi connectivity index (χ1) is 16.4. The lowest BCUT2D eigenvalue weighted by Crippen LogP contribution is -2.30. The topological polar surface area (TPSA) is 73.2 Å². The van der Waals surface area contributed by atoms with Gasteiger partial charge in [-0.25, -0.2) is 4.39 Å². The van der Waals surface area contributed by atoms with Gasteiger partial charge in [-0.15, -0.1) is 0 Å². The molecule has 8 heteroatoms. The second kappa shape index (κ2) is 10.1. The van der Waals surface area contributed by atoms with E-state index in [1.54, 1.807) is 24.3 Å². The summed E-state index contributed by atoms with van der Waals surface area (Å²) in [7, 11) is 0. The fraction of sp³-hybridized carbons (Fsp3) is 0.115. The van der Waals surface area contributed by atoms with Crippen LogP contribution in [0.25, 0.3) is 0 Å². The van der Waals surface area contributed by atoms with Crippen LogP contribution in [0.1, 0.15) is 11.1 Å². The number of rotatable bonds is 5. The monoisotopic (exact) mass is 491 g/mol. The fourth-order valence-corrected chi connectivity index (χ4v) is 5.03. The van der Waals surface area contributed by atoms with E-state index in [-0.39, 0.29) is 16.5 Å². The molecule has 1 N–H and O–H groups in total. The Bertz CT molecular complexity index is 1320. The molecule has 3 aromatic rings. The lowest BCUT2D eigenvalue weighted by molar-refractivity contribution is -0.117. The third kappa shape index (κ3) is 5.14. The summed E-state index contributed by atoms with van der Waals surface area (Å²) < 4.78 is 13.2. The van der Waals surface area contributed by atoms with Crippen molar-refractivity contribution in [1.29, 1.82) is 5.26 Å². The largest absolute Gasteiger partial charge is 0.321 e. The van der Waals surface area contributed by atoms with Gasteiger partial charge < -0.3 is 5.32 Å². The van der Waals surface area contributed by atoms with Gasteiger partial charge in [-0.05, 0) is 67.4 Å². The quantitative estimate of drug-likeness (QED) is 0.359. The molecule has 0 saturated carbocycles. The zero-order chi connectivity index (χ0) is 24.2. The SMILES string of the molecule is Cc1cccc(C[C@H]2S/C(=C(\C#N)C(=O)Nc3ccc(F)cc3)N(c3ccc(Cl)cc3)C2=O)c1. The van der Waals surface area contributed by atoms with Crippen molar-refractivity contribution in [2.24, 2.45) is 0 Å². The summed E-state index contributed by atoms with van der Waals surface area (Å²) in [6.07, 6.45) is 0.442. The van der Waals surface area contributed by atoms with Gasteiger partial charge in [-0.3, -0.25) is 14.5 Å². The van der Waals surface area contributed by atoms with E-state index in [2.05, 4.69) is 5.32 Å². The molecule has 1 atom stereocenters. The van der Waals surface area contributed by atoms with Crippen molar-refractivity contribution in [2.75, 3.05) is 10.2 Å². The average Bonchev–Trinajstić information content (AvgIpc) is 3.12. The molecule has 2 amide bonds. The van der Waals surface area contributed by atoms with E-state index in [9.17, 15) is 19.2 Å². The minimum atomic E-state index is -0.681. The number of carbonyl (C=O) groups is 2. The molecule has 0 spiro atoms. The number of aryl methyl sites for hydroxylation is 1. The maximum atomic E-state index is 13.5. The molecule has 5 nitrogen and oxygen atoms in total. The Morgan fingerprint density at radius 1 is 1.15 bits per heavy atom. The van der Waals surface area contributed by atoms with Crippen LogP contribution in [-0.2, 0) is 16.0 Å². The Morgan fingerprint density at radius 2 is 1.85 bits per heavy atom. The molecule has 0 radical (unpaired) electrons. The van der Waals surface area contributed by atoms with E-state index in [4.69, 9.17) is 11.6 Å². The Balaban J connectivity index is 1.72. The molecule has 1 heterocycles. The van der Waals surface area contributed by atoms with Crippen molar-refractivity contribution in [3.05, 3.63) is 105 Å². The first-order valence-corrected chi connectivity index (χ1v) is 11.6. The maximum Gasteiger partial charge on any atom is 0.269 e. The summed E-state index contributed by atoms with van der Waals surface area (Å²) in [5, 5.41) is 12.7. The number of carbonyl (C=O) groups excluding carboxylic acids is 2. The van der Waals surface area contributed by atoms with Crippen molar-refractivity contribution >= 4 is 46.6 Å². The first-order valence-electron chi connectivity index (χ1n) is 10.4. The number of benzene rings is 3. The molecule has 1 aliphatic heterocycles. The molecule has 1 fully saturated rings. The van der Waals surface area contributed by atoms with Gasteiger partial charge in [0.2, 0.25) is 5.91 Å². The predicted molar refractivity (Wildman–Crippen MR) is 133 cm³/mol. The van der Waals surface area contributed by atoms with Crippen molar-refractivity contribution < 1.29 is 14.0 Å². The number of nitriles is 1. The molecule has 3 aromatic carbocycles. The van der Waals surface area contributed by atoms with Gasteiger partial charge >= 0.3 is 0 Å². The van der Waals surface area contributed by atoms with Crippen molar-refractivity contribution in [1.82, 2.24) is 0 Å². The zero-order valence-electron chi connectivity index (χ0n) is 18.1. The van der Waals surface area contributed by atoms with Crippen LogP contribution in [0.3, 0.4) is 0 Å². The zero-order valence-corrected chi connectivity index (χ0v) is 19.7. The number of hydrogen-bond donors (Lipinski definition) is 1. The highest BCUT2D eigenvalue weighted by atomic mass is 35.5. The first kappa shape index (κ1) is 23.6. The van der Waals surface area contributed by atoms with Crippen molar-refractivity contribution in [3.63, 3.8) is 0 Å². The number of hydrogen-bond acceptors (Lipinski definition) is 4. The van der Waals surface area contributed by atoms with Gasteiger partial charge in [0, 0.05) is 16.4 Å². The normalized spacial score (nSPS) is 16.8.